The lowest BCUT2D eigenvalue weighted by molar-refractivity contribution is -0.145. The number of aromatic nitrogens is 1. The quantitative estimate of drug-likeness (QED) is 0.510. The third kappa shape index (κ3) is 5.31. The van der Waals surface area contributed by atoms with E-state index in [0.29, 0.717) is 12.4 Å². The molecule has 120 valence electrons. The molecule has 0 aliphatic heterocycles. The van der Waals surface area contributed by atoms with E-state index in [1.54, 1.807) is 25.4 Å². The van der Waals surface area contributed by atoms with Crippen molar-refractivity contribution in [1.82, 2.24) is 15.8 Å². The van der Waals surface area contributed by atoms with Gasteiger partial charge < -0.3 is 14.9 Å². The normalized spacial score (nSPS) is 10.8. The summed E-state index contributed by atoms with van der Waals surface area (Å²) in [4.78, 5) is 24.1. The van der Waals surface area contributed by atoms with Crippen molar-refractivity contribution < 1.29 is 14.4 Å². The van der Waals surface area contributed by atoms with Gasteiger partial charge in [0, 0.05) is 25.2 Å². The van der Waals surface area contributed by atoms with Gasteiger partial charge in [0.15, 0.2) is 5.82 Å². The van der Waals surface area contributed by atoms with Crippen molar-refractivity contribution in [1.29, 1.82) is 0 Å². The summed E-state index contributed by atoms with van der Waals surface area (Å²) in [5, 5.41) is 3.06. The summed E-state index contributed by atoms with van der Waals surface area (Å²) < 4.78 is 5.30. The highest BCUT2D eigenvalue weighted by Crippen LogP contribution is 2.16. The van der Waals surface area contributed by atoms with Crippen molar-refractivity contribution in [2.45, 2.75) is 13.5 Å². The lowest BCUT2D eigenvalue weighted by Gasteiger charge is -2.13. The molecule has 0 atom stereocenters. The van der Waals surface area contributed by atoms with Gasteiger partial charge in [-0.3, -0.25) is 4.79 Å². The van der Waals surface area contributed by atoms with Crippen LogP contribution in [0.15, 0.2) is 53.7 Å². The smallest absolute Gasteiger partial charge is 0.329 e. The molecule has 7 heteroatoms. The number of rotatable bonds is 4. The lowest BCUT2D eigenvalue weighted by atomic mass is 10.2. The Hall–Kier alpha value is -3.09. The summed E-state index contributed by atoms with van der Waals surface area (Å²) in [6, 6.07) is 12.9. The van der Waals surface area contributed by atoms with E-state index in [2.05, 4.69) is 20.8 Å². The maximum atomic E-state index is 11.0. The summed E-state index contributed by atoms with van der Waals surface area (Å²) in [6.07, 6.45) is 1.63. The molecule has 0 radical (unpaired) electrons. The fourth-order valence-corrected chi connectivity index (χ4v) is 1.78. The number of carbonyl (C=O) groups excluding carboxylic acids is 1. The standard InChI is InChI=1S/C16H18N4O3/c1-12(21)23-20-16(19-15-9-5-6-10-17-15)18-11-13-7-3-4-8-14(13)22-2/h3-10H,11H2,1-2H3,(H2,17,18,19,20). The highest BCUT2D eigenvalue weighted by atomic mass is 16.7. The molecule has 1 aromatic heterocycles. The molecule has 23 heavy (non-hydrogen) atoms. The van der Waals surface area contributed by atoms with Crippen LogP contribution in [-0.4, -0.2) is 24.0 Å². The number of hydroxylamine groups is 1. The van der Waals surface area contributed by atoms with Crippen LogP contribution in [-0.2, 0) is 16.2 Å². The summed E-state index contributed by atoms with van der Waals surface area (Å²) in [5.41, 5.74) is 3.42. The van der Waals surface area contributed by atoms with E-state index in [4.69, 9.17) is 9.57 Å². The fraction of sp³-hybridized carbons (Fsp3) is 0.188. The van der Waals surface area contributed by atoms with Crippen LogP contribution in [0.3, 0.4) is 0 Å². The number of methoxy groups -OCH3 is 1. The number of carbonyl (C=O) groups is 1. The van der Waals surface area contributed by atoms with Gasteiger partial charge in [0.05, 0.1) is 7.11 Å². The van der Waals surface area contributed by atoms with Gasteiger partial charge in [-0.15, -0.1) is 0 Å². The third-order valence-corrected chi connectivity index (χ3v) is 2.81. The molecule has 1 aromatic carbocycles. The fourth-order valence-electron chi connectivity index (χ4n) is 1.78. The molecule has 0 spiro atoms. The minimum atomic E-state index is -0.474. The van der Waals surface area contributed by atoms with Gasteiger partial charge in [-0.1, -0.05) is 24.3 Å². The number of benzene rings is 1. The first kappa shape index (κ1) is 16.3. The Labute approximate surface area is 134 Å². The van der Waals surface area contributed by atoms with Crippen molar-refractivity contribution in [3.63, 3.8) is 0 Å². The molecule has 7 nitrogen and oxygen atoms in total. The summed E-state index contributed by atoms with van der Waals surface area (Å²) >= 11 is 0. The monoisotopic (exact) mass is 314 g/mol. The Balaban J connectivity index is 2.11. The minimum absolute atomic E-state index is 0.268. The van der Waals surface area contributed by atoms with Gasteiger partial charge in [-0.05, 0) is 18.2 Å². The van der Waals surface area contributed by atoms with Gasteiger partial charge >= 0.3 is 5.97 Å². The average Bonchev–Trinajstić information content (AvgIpc) is 2.58. The van der Waals surface area contributed by atoms with Crippen LogP contribution in [0.2, 0.25) is 0 Å². The topological polar surface area (TPSA) is 84.8 Å². The zero-order valence-corrected chi connectivity index (χ0v) is 12.9. The largest absolute Gasteiger partial charge is 0.496 e. The van der Waals surface area contributed by atoms with E-state index in [1.807, 2.05) is 30.3 Å². The molecule has 0 unspecified atom stereocenters. The van der Waals surface area contributed by atoms with Gasteiger partial charge in [0.1, 0.15) is 5.75 Å². The average molecular weight is 314 g/mol. The number of pyridine rings is 1. The van der Waals surface area contributed by atoms with Crippen LogP contribution >= 0.6 is 0 Å². The Morgan fingerprint density at radius 3 is 2.70 bits per heavy atom. The first-order valence-electron chi connectivity index (χ1n) is 6.98. The second-order valence-corrected chi connectivity index (χ2v) is 4.51. The Bertz CT molecular complexity index is 674. The lowest BCUT2D eigenvalue weighted by Crippen LogP contribution is -2.37. The van der Waals surface area contributed by atoms with E-state index >= 15 is 0 Å². The van der Waals surface area contributed by atoms with E-state index in [-0.39, 0.29) is 5.96 Å². The Kier molecular flexibility index (Phi) is 5.93. The number of aliphatic imine (C=N–C) groups is 1. The van der Waals surface area contributed by atoms with Gasteiger partial charge in [0.25, 0.3) is 0 Å². The highest BCUT2D eigenvalue weighted by molar-refractivity contribution is 5.82. The molecule has 0 saturated heterocycles. The van der Waals surface area contributed by atoms with Gasteiger partial charge in [0.2, 0.25) is 5.96 Å². The predicted octanol–water partition coefficient (Wildman–Crippen LogP) is 1.94. The highest BCUT2D eigenvalue weighted by Gasteiger charge is 2.06. The molecular weight excluding hydrogens is 296 g/mol. The Morgan fingerprint density at radius 1 is 1.22 bits per heavy atom. The molecule has 2 aromatic rings. The van der Waals surface area contributed by atoms with Crippen LogP contribution in [0.4, 0.5) is 5.82 Å². The SMILES string of the molecule is COc1ccccc1CNC(=Nc1ccccn1)NOC(C)=O. The number of para-hydroxylation sites is 1. The van der Waals surface area contributed by atoms with Crippen molar-refractivity contribution in [2.75, 3.05) is 7.11 Å². The van der Waals surface area contributed by atoms with Crippen molar-refractivity contribution in [2.24, 2.45) is 4.99 Å². The van der Waals surface area contributed by atoms with Crippen molar-refractivity contribution in [3.05, 3.63) is 54.2 Å². The number of nitrogens with one attached hydrogen (secondary N) is 2. The van der Waals surface area contributed by atoms with E-state index in [1.165, 1.54) is 6.92 Å². The number of nitrogens with zero attached hydrogens (tertiary/aromatic N) is 2. The first-order valence-corrected chi connectivity index (χ1v) is 6.98. The second kappa shape index (κ2) is 8.38. The zero-order valence-electron chi connectivity index (χ0n) is 12.9. The minimum Gasteiger partial charge on any atom is -0.496 e. The molecular formula is C16H18N4O3. The molecule has 2 rings (SSSR count). The van der Waals surface area contributed by atoms with E-state index in [9.17, 15) is 4.79 Å². The maximum Gasteiger partial charge on any atom is 0.329 e. The number of ether oxygens (including phenoxy) is 1. The molecule has 0 amide bonds. The van der Waals surface area contributed by atoms with Gasteiger partial charge in [-0.25, -0.2) is 4.98 Å². The summed E-state index contributed by atoms with van der Waals surface area (Å²) in [7, 11) is 1.61. The predicted molar refractivity (Wildman–Crippen MR) is 86.1 cm³/mol. The first-order chi connectivity index (χ1) is 11.2. The zero-order chi connectivity index (χ0) is 16.5. The molecule has 2 N–H and O–H groups in total. The van der Waals surface area contributed by atoms with E-state index < -0.39 is 5.97 Å². The van der Waals surface area contributed by atoms with Crippen LogP contribution in [0.1, 0.15) is 12.5 Å². The van der Waals surface area contributed by atoms with Crippen LogP contribution < -0.4 is 15.5 Å². The van der Waals surface area contributed by atoms with Gasteiger partial charge in [-0.2, -0.15) is 10.5 Å². The third-order valence-electron chi connectivity index (χ3n) is 2.81. The van der Waals surface area contributed by atoms with E-state index in [0.717, 1.165) is 11.3 Å². The number of guanidine groups is 1. The summed E-state index contributed by atoms with van der Waals surface area (Å²) in [5.74, 6) is 1.03. The number of hydrogen-bond donors (Lipinski definition) is 2. The molecule has 0 saturated carbocycles. The molecule has 0 aliphatic carbocycles. The van der Waals surface area contributed by atoms with Crippen molar-refractivity contribution in [3.8, 4) is 5.75 Å². The Morgan fingerprint density at radius 2 is 2.00 bits per heavy atom. The van der Waals surface area contributed by atoms with Crippen LogP contribution in [0.25, 0.3) is 0 Å². The number of hydrogen-bond acceptors (Lipinski definition) is 5. The van der Waals surface area contributed by atoms with Crippen molar-refractivity contribution >= 4 is 17.7 Å². The van der Waals surface area contributed by atoms with Crippen LogP contribution in [0, 0.1) is 0 Å². The molecule has 0 aliphatic rings. The van der Waals surface area contributed by atoms with Crippen LogP contribution in [0.5, 0.6) is 5.75 Å². The molecule has 1 heterocycles. The maximum absolute atomic E-state index is 11.0. The second-order valence-electron chi connectivity index (χ2n) is 4.51. The molecule has 0 fully saturated rings. The molecule has 0 bridgehead atoms. The summed E-state index contributed by atoms with van der Waals surface area (Å²) in [6.45, 7) is 1.73.